The fourth-order valence-electron chi connectivity index (χ4n) is 2.13. The van der Waals surface area contributed by atoms with Gasteiger partial charge in [-0.15, -0.1) is 0 Å². The zero-order valence-electron chi connectivity index (χ0n) is 13.6. The maximum Gasteiger partial charge on any atom is 0.251 e. The van der Waals surface area contributed by atoms with Crippen molar-refractivity contribution < 1.29 is 14.3 Å². The molecule has 126 valence electrons. The van der Waals surface area contributed by atoms with Crippen LogP contribution in [-0.4, -0.2) is 25.5 Å². The Labute approximate surface area is 146 Å². The Bertz CT molecular complexity index is 730. The second kappa shape index (κ2) is 8.36. The highest BCUT2D eigenvalue weighted by atomic mass is 35.5. The predicted molar refractivity (Wildman–Crippen MR) is 94.8 cm³/mol. The maximum absolute atomic E-state index is 12.0. The van der Waals surface area contributed by atoms with Crippen molar-refractivity contribution in [3.05, 3.63) is 58.6 Å². The van der Waals surface area contributed by atoms with Crippen molar-refractivity contribution in [3.8, 4) is 5.75 Å². The van der Waals surface area contributed by atoms with Gasteiger partial charge >= 0.3 is 0 Å². The number of carbonyl (C=O) groups is 2. The molecule has 0 atom stereocenters. The number of amides is 2. The van der Waals surface area contributed by atoms with Gasteiger partial charge in [0, 0.05) is 23.6 Å². The Hall–Kier alpha value is -2.53. The molecule has 0 aliphatic heterocycles. The van der Waals surface area contributed by atoms with Crippen molar-refractivity contribution in [2.45, 2.75) is 13.3 Å². The first kappa shape index (κ1) is 17.8. The van der Waals surface area contributed by atoms with Crippen LogP contribution in [0, 0.1) is 6.92 Å². The summed E-state index contributed by atoms with van der Waals surface area (Å²) in [6, 6.07) is 12.1. The first-order valence-corrected chi connectivity index (χ1v) is 7.85. The van der Waals surface area contributed by atoms with Crippen LogP contribution in [-0.2, 0) is 4.79 Å². The molecular weight excluding hydrogens is 328 g/mol. The lowest BCUT2D eigenvalue weighted by Crippen LogP contribution is -2.27. The summed E-state index contributed by atoms with van der Waals surface area (Å²) in [4.78, 5) is 24.0. The Morgan fingerprint density at radius 2 is 1.83 bits per heavy atom. The van der Waals surface area contributed by atoms with E-state index in [9.17, 15) is 9.59 Å². The molecule has 2 N–H and O–H groups in total. The van der Waals surface area contributed by atoms with Crippen LogP contribution in [0.25, 0.3) is 0 Å². The fraction of sp³-hybridized carbons (Fsp3) is 0.222. The molecule has 2 aromatic carbocycles. The number of anilines is 1. The number of nitrogens with one attached hydrogen (secondary N) is 2. The molecule has 24 heavy (non-hydrogen) atoms. The Balaban J connectivity index is 1.84. The zero-order chi connectivity index (χ0) is 17.5. The van der Waals surface area contributed by atoms with Gasteiger partial charge in [0.25, 0.3) is 5.91 Å². The fourth-order valence-corrected chi connectivity index (χ4v) is 2.25. The Kier molecular flexibility index (Phi) is 6.21. The third-order valence-electron chi connectivity index (χ3n) is 3.37. The molecular formula is C18H19ClN2O3. The third-order valence-corrected chi connectivity index (χ3v) is 3.63. The lowest BCUT2D eigenvalue weighted by atomic mass is 10.2. The van der Waals surface area contributed by atoms with E-state index >= 15 is 0 Å². The van der Waals surface area contributed by atoms with Gasteiger partial charge in [-0.1, -0.05) is 17.7 Å². The van der Waals surface area contributed by atoms with Crippen LogP contribution in [0.15, 0.2) is 42.5 Å². The lowest BCUT2D eigenvalue weighted by molar-refractivity contribution is -0.116. The number of halogens is 1. The summed E-state index contributed by atoms with van der Waals surface area (Å²) in [6.07, 6.45) is 0.163. The van der Waals surface area contributed by atoms with Gasteiger partial charge in [0.2, 0.25) is 5.91 Å². The molecule has 0 aliphatic rings. The van der Waals surface area contributed by atoms with Gasteiger partial charge < -0.3 is 15.4 Å². The van der Waals surface area contributed by atoms with E-state index in [1.54, 1.807) is 37.4 Å². The van der Waals surface area contributed by atoms with Gasteiger partial charge in [0.1, 0.15) is 5.75 Å². The van der Waals surface area contributed by atoms with Gasteiger partial charge in [-0.25, -0.2) is 0 Å². The molecule has 0 aliphatic carbocycles. The molecule has 0 bridgehead atoms. The molecule has 0 unspecified atom stereocenters. The highest BCUT2D eigenvalue weighted by Crippen LogP contribution is 2.25. The summed E-state index contributed by atoms with van der Waals surface area (Å²) in [5.74, 6) is 0.155. The smallest absolute Gasteiger partial charge is 0.251 e. The van der Waals surface area contributed by atoms with E-state index in [-0.39, 0.29) is 24.8 Å². The highest BCUT2D eigenvalue weighted by molar-refractivity contribution is 6.30. The molecule has 2 amide bonds. The van der Waals surface area contributed by atoms with E-state index in [0.29, 0.717) is 22.0 Å². The third kappa shape index (κ3) is 4.99. The van der Waals surface area contributed by atoms with Gasteiger partial charge in [0.05, 0.1) is 12.8 Å². The Morgan fingerprint density at radius 3 is 2.50 bits per heavy atom. The van der Waals surface area contributed by atoms with E-state index in [0.717, 1.165) is 5.56 Å². The van der Waals surface area contributed by atoms with E-state index in [4.69, 9.17) is 16.3 Å². The predicted octanol–water partition coefficient (Wildman–Crippen LogP) is 3.42. The van der Waals surface area contributed by atoms with Gasteiger partial charge in [0.15, 0.2) is 0 Å². The van der Waals surface area contributed by atoms with Gasteiger partial charge in [-0.2, -0.15) is 0 Å². The van der Waals surface area contributed by atoms with Crippen molar-refractivity contribution in [2.75, 3.05) is 19.0 Å². The van der Waals surface area contributed by atoms with Crippen LogP contribution < -0.4 is 15.4 Å². The van der Waals surface area contributed by atoms with E-state index < -0.39 is 0 Å². The van der Waals surface area contributed by atoms with Crippen LogP contribution in [0.1, 0.15) is 22.3 Å². The largest absolute Gasteiger partial charge is 0.495 e. The number of hydrogen-bond acceptors (Lipinski definition) is 3. The molecule has 0 fully saturated rings. The summed E-state index contributed by atoms with van der Waals surface area (Å²) >= 11 is 5.78. The minimum Gasteiger partial charge on any atom is -0.495 e. The van der Waals surface area contributed by atoms with Crippen LogP contribution in [0.5, 0.6) is 5.75 Å². The lowest BCUT2D eigenvalue weighted by Gasteiger charge is -2.11. The number of aryl methyl sites for hydroxylation is 1. The van der Waals surface area contributed by atoms with Crippen molar-refractivity contribution in [1.82, 2.24) is 5.32 Å². The number of rotatable bonds is 6. The average Bonchev–Trinajstić information content (AvgIpc) is 2.55. The quantitative estimate of drug-likeness (QED) is 0.842. The Morgan fingerprint density at radius 1 is 1.12 bits per heavy atom. The average molecular weight is 347 g/mol. The van der Waals surface area contributed by atoms with Crippen LogP contribution in [0.4, 0.5) is 5.69 Å². The molecule has 2 rings (SSSR count). The maximum atomic E-state index is 12.0. The molecule has 0 saturated carbocycles. The molecule has 6 heteroatoms. The molecule has 0 aromatic heterocycles. The first-order valence-electron chi connectivity index (χ1n) is 7.48. The van der Waals surface area contributed by atoms with Crippen LogP contribution in [0.3, 0.4) is 0 Å². The van der Waals surface area contributed by atoms with Crippen molar-refractivity contribution >= 4 is 29.1 Å². The van der Waals surface area contributed by atoms with E-state index in [1.807, 2.05) is 19.1 Å². The van der Waals surface area contributed by atoms with Crippen molar-refractivity contribution in [1.29, 1.82) is 0 Å². The normalized spacial score (nSPS) is 10.1. The monoisotopic (exact) mass is 346 g/mol. The second-order valence-electron chi connectivity index (χ2n) is 5.26. The minimum atomic E-state index is -0.243. The molecule has 0 saturated heterocycles. The van der Waals surface area contributed by atoms with E-state index in [2.05, 4.69) is 10.6 Å². The molecule has 0 heterocycles. The number of benzene rings is 2. The molecule has 0 radical (unpaired) electrons. The van der Waals surface area contributed by atoms with Crippen LogP contribution >= 0.6 is 11.6 Å². The number of carbonyl (C=O) groups excluding carboxylic acids is 2. The van der Waals surface area contributed by atoms with Crippen molar-refractivity contribution in [2.24, 2.45) is 0 Å². The SMILES string of the molecule is COc1ccc(C)cc1NC(=O)CCNC(=O)c1ccc(Cl)cc1. The standard InChI is InChI=1S/C18H19ClN2O3/c1-12-3-8-16(24-2)15(11-12)21-17(22)9-10-20-18(23)13-4-6-14(19)7-5-13/h3-8,11H,9-10H2,1-2H3,(H,20,23)(H,21,22). The van der Waals surface area contributed by atoms with Gasteiger partial charge in [-0.05, 0) is 48.9 Å². The summed E-state index contributed by atoms with van der Waals surface area (Å²) in [7, 11) is 1.55. The van der Waals surface area contributed by atoms with Crippen LogP contribution in [0.2, 0.25) is 5.02 Å². The topological polar surface area (TPSA) is 67.4 Å². The van der Waals surface area contributed by atoms with Crippen molar-refractivity contribution in [3.63, 3.8) is 0 Å². The molecule has 0 spiro atoms. The zero-order valence-corrected chi connectivity index (χ0v) is 14.3. The first-order chi connectivity index (χ1) is 11.5. The molecule has 5 nitrogen and oxygen atoms in total. The summed E-state index contributed by atoms with van der Waals surface area (Å²) in [6.45, 7) is 2.17. The summed E-state index contributed by atoms with van der Waals surface area (Å²) in [5.41, 5.74) is 2.13. The van der Waals surface area contributed by atoms with Gasteiger partial charge in [-0.3, -0.25) is 9.59 Å². The minimum absolute atomic E-state index is 0.163. The highest BCUT2D eigenvalue weighted by Gasteiger charge is 2.09. The number of ether oxygens (including phenoxy) is 1. The number of methoxy groups -OCH3 is 1. The molecule has 2 aromatic rings. The second-order valence-corrected chi connectivity index (χ2v) is 5.70. The van der Waals surface area contributed by atoms with E-state index in [1.165, 1.54) is 0 Å². The summed E-state index contributed by atoms with van der Waals surface area (Å²) < 4.78 is 5.22. The summed E-state index contributed by atoms with van der Waals surface area (Å²) in [5, 5.41) is 6.06. The number of hydrogen-bond donors (Lipinski definition) is 2.